The van der Waals surface area contributed by atoms with E-state index in [1.54, 1.807) is 24.8 Å². The molecule has 0 unspecified atom stereocenters. The van der Waals surface area contributed by atoms with Gasteiger partial charge in [0.1, 0.15) is 5.69 Å². The average Bonchev–Trinajstić information content (AvgIpc) is 2.81. The van der Waals surface area contributed by atoms with E-state index in [1.165, 1.54) is 7.11 Å². The van der Waals surface area contributed by atoms with Crippen molar-refractivity contribution in [1.82, 2.24) is 14.5 Å². The summed E-state index contributed by atoms with van der Waals surface area (Å²) in [5.41, 5.74) is 1.30. The Hall–Kier alpha value is -2.17. The molecule has 2 aromatic rings. The van der Waals surface area contributed by atoms with Gasteiger partial charge in [0.25, 0.3) is 0 Å². The zero-order valence-electron chi connectivity index (χ0n) is 8.83. The molecule has 0 aliphatic heterocycles. The number of imidazole rings is 1. The molecule has 0 aliphatic rings. The maximum atomic E-state index is 11.3. The molecular weight excluding hydrogens is 206 g/mol. The second kappa shape index (κ2) is 4.57. The fourth-order valence-electron chi connectivity index (χ4n) is 1.38. The standard InChI is InChI=1S/C11H11N3O2/c1-16-11(15)10-6-9(2-3-13-10)7-14-5-4-12-8-14/h2-6,8H,7H2,1H3. The van der Waals surface area contributed by atoms with Gasteiger partial charge in [0.05, 0.1) is 13.4 Å². The van der Waals surface area contributed by atoms with Crippen molar-refractivity contribution >= 4 is 5.97 Å². The van der Waals surface area contributed by atoms with Crippen LogP contribution in [0.1, 0.15) is 16.1 Å². The Balaban J connectivity index is 2.19. The molecule has 0 amide bonds. The van der Waals surface area contributed by atoms with Crippen LogP contribution in [0.15, 0.2) is 37.1 Å². The lowest BCUT2D eigenvalue weighted by Gasteiger charge is -2.03. The molecular formula is C11H11N3O2. The molecule has 2 heterocycles. The molecule has 0 N–H and O–H groups in total. The molecule has 0 fully saturated rings. The third-order valence-corrected chi connectivity index (χ3v) is 2.14. The second-order valence-electron chi connectivity index (χ2n) is 3.28. The lowest BCUT2D eigenvalue weighted by atomic mass is 10.2. The van der Waals surface area contributed by atoms with Gasteiger partial charge >= 0.3 is 5.97 Å². The van der Waals surface area contributed by atoms with Gasteiger partial charge in [-0.25, -0.2) is 14.8 Å². The summed E-state index contributed by atoms with van der Waals surface area (Å²) in [5, 5.41) is 0. The van der Waals surface area contributed by atoms with Crippen LogP contribution in [-0.4, -0.2) is 27.6 Å². The zero-order valence-corrected chi connectivity index (χ0v) is 8.83. The molecule has 0 atom stereocenters. The lowest BCUT2D eigenvalue weighted by molar-refractivity contribution is 0.0594. The van der Waals surface area contributed by atoms with Crippen molar-refractivity contribution in [1.29, 1.82) is 0 Å². The van der Waals surface area contributed by atoms with Crippen molar-refractivity contribution in [3.8, 4) is 0 Å². The summed E-state index contributed by atoms with van der Waals surface area (Å²) in [5.74, 6) is -0.424. The van der Waals surface area contributed by atoms with Crippen molar-refractivity contribution < 1.29 is 9.53 Å². The van der Waals surface area contributed by atoms with Crippen LogP contribution in [0.3, 0.4) is 0 Å². The van der Waals surface area contributed by atoms with Gasteiger partial charge in [0, 0.05) is 25.1 Å². The molecule has 2 aromatic heterocycles. The first-order chi connectivity index (χ1) is 7.79. The Bertz CT molecular complexity index is 480. The van der Waals surface area contributed by atoms with E-state index in [1.807, 2.05) is 16.8 Å². The first-order valence-corrected chi connectivity index (χ1v) is 4.78. The number of rotatable bonds is 3. The lowest BCUT2D eigenvalue weighted by Crippen LogP contribution is -2.06. The van der Waals surface area contributed by atoms with E-state index in [4.69, 9.17) is 0 Å². The Morgan fingerprint density at radius 1 is 1.50 bits per heavy atom. The summed E-state index contributed by atoms with van der Waals surface area (Å²) in [6.45, 7) is 0.659. The predicted octanol–water partition coefficient (Wildman–Crippen LogP) is 1.11. The summed E-state index contributed by atoms with van der Waals surface area (Å²) in [4.78, 5) is 19.2. The Kier molecular flexibility index (Phi) is 2.95. The van der Waals surface area contributed by atoms with E-state index in [2.05, 4.69) is 14.7 Å². The molecule has 0 bridgehead atoms. The largest absolute Gasteiger partial charge is 0.464 e. The van der Waals surface area contributed by atoms with E-state index in [-0.39, 0.29) is 0 Å². The summed E-state index contributed by atoms with van der Waals surface area (Å²) in [7, 11) is 1.34. The SMILES string of the molecule is COC(=O)c1cc(Cn2ccnc2)ccn1. The van der Waals surface area contributed by atoms with Gasteiger partial charge in [-0.15, -0.1) is 0 Å². The molecule has 0 aromatic carbocycles. The van der Waals surface area contributed by atoms with E-state index in [0.29, 0.717) is 12.2 Å². The van der Waals surface area contributed by atoms with Crippen molar-refractivity contribution in [3.63, 3.8) is 0 Å². The van der Waals surface area contributed by atoms with E-state index < -0.39 is 5.97 Å². The summed E-state index contributed by atoms with van der Waals surface area (Å²) < 4.78 is 6.52. The van der Waals surface area contributed by atoms with Crippen LogP contribution in [0.4, 0.5) is 0 Å². The van der Waals surface area contributed by atoms with Gasteiger partial charge in [-0.05, 0) is 17.7 Å². The van der Waals surface area contributed by atoms with E-state index in [0.717, 1.165) is 5.56 Å². The first kappa shape index (κ1) is 10.4. The Morgan fingerprint density at radius 3 is 3.06 bits per heavy atom. The topological polar surface area (TPSA) is 57.0 Å². The molecule has 16 heavy (non-hydrogen) atoms. The number of carbonyl (C=O) groups excluding carboxylic acids is 1. The summed E-state index contributed by atoms with van der Waals surface area (Å²) >= 11 is 0. The quantitative estimate of drug-likeness (QED) is 0.723. The molecule has 0 spiro atoms. The van der Waals surface area contributed by atoms with Crippen molar-refractivity contribution in [2.24, 2.45) is 0 Å². The van der Waals surface area contributed by atoms with Crippen LogP contribution in [0.25, 0.3) is 0 Å². The molecule has 2 rings (SSSR count). The highest BCUT2D eigenvalue weighted by Crippen LogP contribution is 2.05. The van der Waals surface area contributed by atoms with Gasteiger partial charge in [0.2, 0.25) is 0 Å². The molecule has 0 aliphatic carbocycles. The highest BCUT2D eigenvalue weighted by molar-refractivity contribution is 5.87. The number of aromatic nitrogens is 3. The number of nitrogens with zero attached hydrogens (tertiary/aromatic N) is 3. The number of hydrogen-bond acceptors (Lipinski definition) is 4. The van der Waals surface area contributed by atoms with Gasteiger partial charge in [-0.2, -0.15) is 0 Å². The van der Waals surface area contributed by atoms with E-state index >= 15 is 0 Å². The molecule has 0 saturated heterocycles. The van der Waals surface area contributed by atoms with Crippen LogP contribution in [-0.2, 0) is 11.3 Å². The minimum absolute atomic E-state index is 0.320. The van der Waals surface area contributed by atoms with Crippen LogP contribution >= 0.6 is 0 Å². The van der Waals surface area contributed by atoms with E-state index in [9.17, 15) is 4.79 Å². The maximum Gasteiger partial charge on any atom is 0.356 e. The van der Waals surface area contributed by atoms with Crippen LogP contribution in [0.2, 0.25) is 0 Å². The number of methoxy groups -OCH3 is 1. The van der Waals surface area contributed by atoms with Crippen LogP contribution in [0.5, 0.6) is 0 Å². The molecule has 0 saturated carbocycles. The maximum absolute atomic E-state index is 11.3. The molecule has 5 heteroatoms. The van der Waals surface area contributed by atoms with Crippen LogP contribution < -0.4 is 0 Å². The number of pyridine rings is 1. The van der Waals surface area contributed by atoms with Gasteiger partial charge in [-0.3, -0.25) is 0 Å². The molecule has 5 nitrogen and oxygen atoms in total. The molecule has 82 valence electrons. The smallest absolute Gasteiger partial charge is 0.356 e. The Labute approximate surface area is 92.7 Å². The number of ether oxygens (including phenoxy) is 1. The second-order valence-corrected chi connectivity index (χ2v) is 3.28. The third-order valence-electron chi connectivity index (χ3n) is 2.14. The van der Waals surface area contributed by atoms with Gasteiger partial charge < -0.3 is 9.30 Å². The Morgan fingerprint density at radius 2 is 2.38 bits per heavy atom. The average molecular weight is 217 g/mol. The third kappa shape index (κ3) is 2.25. The van der Waals surface area contributed by atoms with Crippen molar-refractivity contribution in [3.05, 3.63) is 48.3 Å². The van der Waals surface area contributed by atoms with Crippen LogP contribution in [0, 0.1) is 0 Å². The first-order valence-electron chi connectivity index (χ1n) is 4.78. The van der Waals surface area contributed by atoms with Gasteiger partial charge in [0.15, 0.2) is 0 Å². The fraction of sp³-hybridized carbons (Fsp3) is 0.182. The highest BCUT2D eigenvalue weighted by Gasteiger charge is 2.07. The number of hydrogen-bond donors (Lipinski definition) is 0. The minimum Gasteiger partial charge on any atom is -0.464 e. The van der Waals surface area contributed by atoms with Crippen molar-refractivity contribution in [2.45, 2.75) is 6.54 Å². The summed E-state index contributed by atoms with van der Waals surface area (Å²) in [6, 6.07) is 3.57. The fourth-order valence-corrected chi connectivity index (χ4v) is 1.38. The summed E-state index contributed by atoms with van der Waals surface area (Å²) in [6.07, 6.45) is 6.89. The highest BCUT2D eigenvalue weighted by atomic mass is 16.5. The number of esters is 1. The normalized spacial score (nSPS) is 10.1. The monoisotopic (exact) mass is 217 g/mol. The molecule has 0 radical (unpaired) electrons. The predicted molar refractivity (Wildman–Crippen MR) is 56.9 cm³/mol. The minimum atomic E-state index is -0.424. The zero-order chi connectivity index (χ0) is 11.4. The number of carbonyl (C=O) groups is 1. The van der Waals surface area contributed by atoms with Gasteiger partial charge in [-0.1, -0.05) is 0 Å². The van der Waals surface area contributed by atoms with Crippen molar-refractivity contribution in [2.75, 3.05) is 7.11 Å².